The number of fused-ring (bicyclic) bond motifs is 1. The molecule has 156 valence electrons. The van der Waals surface area contributed by atoms with E-state index in [4.69, 9.17) is 0 Å². The highest BCUT2D eigenvalue weighted by Gasteiger charge is 2.17. The minimum atomic E-state index is -0.507. The van der Waals surface area contributed by atoms with Gasteiger partial charge in [-0.3, -0.25) is 23.5 Å². The molecule has 0 bridgehead atoms. The van der Waals surface area contributed by atoms with Gasteiger partial charge in [0.2, 0.25) is 11.8 Å². The Balaban J connectivity index is 1.66. The van der Waals surface area contributed by atoms with Gasteiger partial charge in [0.15, 0.2) is 0 Å². The maximum atomic E-state index is 12.7. The summed E-state index contributed by atoms with van der Waals surface area (Å²) in [5, 5.41) is 3.13. The first-order valence-corrected chi connectivity index (χ1v) is 10.3. The normalized spacial score (nSPS) is 14.6. The number of carbonyl (C=O) groups excluding carboxylic acids is 2. The molecule has 0 saturated carbocycles. The van der Waals surface area contributed by atoms with Crippen molar-refractivity contribution in [1.82, 2.24) is 19.4 Å². The van der Waals surface area contributed by atoms with Crippen LogP contribution in [-0.4, -0.2) is 45.5 Å². The van der Waals surface area contributed by atoms with Gasteiger partial charge in [-0.05, 0) is 31.9 Å². The van der Waals surface area contributed by atoms with E-state index in [-0.39, 0.29) is 43.4 Å². The van der Waals surface area contributed by atoms with Crippen LogP contribution in [0.4, 0.5) is 0 Å². The van der Waals surface area contributed by atoms with Gasteiger partial charge in [0.05, 0.1) is 10.9 Å². The van der Waals surface area contributed by atoms with Crippen LogP contribution in [-0.2, 0) is 22.7 Å². The van der Waals surface area contributed by atoms with Crippen molar-refractivity contribution < 1.29 is 9.59 Å². The van der Waals surface area contributed by atoms with Gasteiger partial charge in [-0.1, -0.05) is 25.0 Å². The Morgan fingerprint density at radius 3 is 2.38 bits per heavy atom. The number of rotatable bonds is 6. The fraction of sp³-hybridized carbons (Fsp3) is 0.524. The van der Waals surface area contributed by atoms with Crippen LogP contribution in [0, 0.1) is 0 Å². The summed E-state index contributed by atoms with van der Waals surface area (Å²) in [6.07, 6.45) is 4.62. The number of aromatic nitrogens is 2. The van der Waals surface area contributed by atoms with Gasteiger partial charge in [0.1, 0.15) is 6.54 Å². The Hall–Kier alpha value is -2.90. The molecule has 0 aliphatic carbocycles. The lowest BCUT2D eigenvalue weighted by Gasteiger charge is -2.20. The minimum Gasteiger partial charge on any atom is -0.354 e. The molecule has 29 heavy (non-hydrogen) atoms. The van der Waals surface area contributed by atoms with E-state index < -0.39 is 5.69 Å². The largest absolute Gasteiger partial charge is 0.354 e. The average molecular weight is 400 g/mol. The number of para-hydroxylation sites is 1. The predicted molar refractivity (Wildman–Crippen MR) is 111 cm³/mol. The molecule has 0 radical (unpaired) electrons. The second-order valence-corrected chi connectivity index (χ2v) is 7.33. The molecule has 3 rings (SSSR count). The molecule has 8 heteroatoms. The second kappa shape index (κ2) is 9.54. The second-order valence-electron chi connectivity index (χ2n) is 7.33. The molecule has 1 fully saturated rings. The van der Waals surface area contributed by atoms with Gasteiger partial charge in [-0.2, -0.15) is 0 Å². The van der Waals surface area contributed by atoms with Gasteiger partial charge < -0.3 is 10.2 Å². The fourth-order valence-corrected chi connectivity index (χ4v) is 3.79. The minimum absolute atomic E-state index is 0.0503. The predicted octanol–water partition coefficient (Wildman–Crippen LogP) is 1.09. The van der Waals surface area contributed by atoms with Crippen molar-refractivity contribution in [3.05, 3.63) is 45.1 Å². The number of likely N-dealkylation sites (tertiary alicyclic amines) is 1. The first-order chi connectivity index (χ1) is 14.0. The van der Waals surface area contributed by atoms with Crippen molar-refractivity contribution in [2.45, 2.75) is 52.1 Å². The zero-order chi connectivity index (χ0) is 20.8. The lowest BCUT2D eigenvalue weighted by molar-refractivity contribution is -0.131. The standard InChI is InChI=1S/C21H28N4O4/c1-2-24-20(28)16-9-5-6-10-17(16)25(21(24)29)15-18(26)22-12-11-19(27)23-13-7-3-4-8-14-23/h5-6,9-10H,2-4,7-8,11-15H2,1H3,(H,22,26). The number of hydrogen-bond acceptors (Lipinski definition) is 4. The van der Waals surface area contributed by atoms with Crippen molar-refractivity contribution in [3.63, 3.8) is 0 Å². The number of hydrogen-bond donors (Lipinski definition) is 1. The van der Waals surface area contributed by atoms with Crippen LogP contribution in [0.25, 0.3) is 10.9 Å². The first kappa shape index (κ1) is 20.8. The molecule has 0 spiro atoms. The molecule has 1 aliphatic heterocycles. The molecule has 1 saturated heterocycles. The molecule has 8 nitrogen and oxygen atoms in total. The van der Waals surface area contributed by atoms with Crippen LogP contribution in [0.15, 0.2) is 33.9 Å². The Morgan fingerprint density at radius 1 is 1.00 bits per heavy atom. The Labute approximate surface area is 169 Å². The Morgan fingerprint density at radius 2 is 1.69 bits per heavy atom. The fourth-order valence-electron chi connectivity index (χ4n) is 3.79. The molecule has 2 heterocycles. The molecule has 1 aromatic heterocycles. The molecule has 2 amide bonds. The third-order valence-corrected chi connectivity index (χ3v) is 5.37. The van der Waals surface area contributed by atoms with E-state index in [0.717, 1.165) is 43.3 Å². The van der Waals surface area contributed by atoms with Gasteiger partial charge in [-0.15, -0.1) is 0 Å². The highest BCUT2D eigenvalue weighted by molar-refractivity contribution is 5.82. The van der Waals surface area contributed by atoms with Crippen LogP contribution in [0.1, 0.15) is 39.0 Å². The maximum absolute atomic E-state index is 12.7. The van der Waals surface area contributed by atoms with E-state index >= 15 is 0 Å². The zero-order valence-corrected chi connectivity index (χ0v) is 16.9. The Kier molecular flexibility index (Phi) is 6.85. The van der Waals surface area contributed by atoms with E-state index in [9.17, 15) is 19.2 Å². The van der Waals surface area contributed by atoms with Crippen molar-refractivity contribution in [2.75, 3.05) is 19.6 Å². The molecule has 1 aliphatic rings. The van der Waals surface area contributed by atoms with E-state index in [0.29, 0.717) is 10.9 Å². The van der Waals surface area contributed by atoms with Crippen molar-refractivity contribution >= 4 is 22.7 Å². The molecule has 1 aromatic carbocycles. The monoisotopic (exact) mass is 400 g/mol. The summed E-state index contributed by atoms with van der Waals surface area (Å²) in [4.78, 5) is 51.7. The third-order valence-electron chi connectivity index (χ3n) is 5.37. The van der Waals surface area contributed by atoms with Crippen LogP contribution < -0.4 is 16.6 Å². The van der Waals surface area contributed by atoms with Crippen molar-refractivity contribution in [2.24, 2.45) is 0 Å². The van der Waals surface area contributed by atoms with E-state index in [1.807, 2.05) is 4.90 Å². The van der Waals surface area contributed by atoms with Crippen LogP contribution in [0.2, 0.25) is 0 Å². The van der Waals surface area contributed by atoms with Crippen LogP contribution in [0.3, 0.4) is 0 Å². The zero-order valence-electron chi connectivity index (χ0n) is 16.9. The number of carbonyl (C=O) groups is 2. The van der Waals surface area contributed by atoms with Crippen molar-refractivity contribution in [1.29, 1.82) is 0 Å². The van der Waals surface area contributed by atoms with Gasteiger partial charge in [0, 0.05) is 32.6 Å². The third kappa shape index (κ3) is 4.75. The summed E-state index contributed by atoms with van der Waals surface area (Å²) >= 11 is 0. The average Bonchev–Trinajstić information content (AvgIpc) is 3.01. The van der Waals surface area contributed by atoms with E-state index in [1.165, 1.54) is 4.57 Å². The van der Waals surface area contributed by atoms with Gasteiger partial charge in [0.25, 0.3) is 5.56 Å². The quantitative estimate of drug-likeness (QED) is 0.786. The number of amides is 2. The lowest BCUT2D eigenvalue weighted by atomic mass is 10.2. The Bertz CT molecular complexity index is 1000. The number of benzene rings is 1. The first-order valence-electron chi connectivity index (χ1n) is 10.3. The summed E-state index contributed by atoms with van der Waals surface area (Å²) in [6.45, 7) is 3.55. The topological polar surface area (TPSA) is 93.4 Å². The highest BCUT2D eigenvalue weighted by atomic mass is 16.2. The summed E-state index contributed by atoms with van der Waals surface area (Å²) in [7, 11) is 0. The highest BCUT2D eigenvalue weighted by Crippen LogP contribution is 2.10. The molecule has 2 aromatic rings. The molecular weight excluding hydrogens is 372 g/mol. The SMILES string of the molecule is CCn1c(=O)c2ccccc2n(CC(=O)NCCC(=O)N2CCCCCC2)c1=O. The van der Waals surface area contributed by atoms with E-state index in [2.05, 4.69) is 5.32 Å². The van der Waals surface area contributed by atoms with Crippen LogP contribution in [0.5, 0.6) is 0 Å². The summed E-state index contributed by atoms with van der Waals surface area (Å²) in [5.41, 5.74) is -0.428. The van der Waals surface area contributed by atoms with Crippen LogP contribution >= 0.6 is 0 Å². The van der Waals surface area contributed by atoms with Crippen molar-refractivity contribution in [3.8, 4) is 0 Å². The number of nitrogens with zero attached hydrogens (tertiary/aromatic N) is 3. The van der Waals surface area contributed by atoms with Gasteiger partial charge >= 0.3 is 5.69 Å². The smallest absolute Gasteiger partial charge is 0.331 e. The summed E-state index contributed by atoms with van der Waals surface area (Å²) in [6, 6.07) is 6.77. The summed E-state index contributed by atoms with van der Waals surface area (Å²) in [5.74, 6) is -0.309. The number of nitrogens with one attached hydrogen (secondary N) is 1. The summed E-state index contributed by atoms with van der Waals surface area (Å²) < 4.78 is 2.44. The lowest BCUT2D eigenvalue weighted by Crippen LogP contribution is -2.42. The van der Waals surface area contributed by atoms with Gasteiger partial charge in [-0.25, -0.2) is 4.79 Å². The molecular formula is C21H28N4O4. The van der Waals surface area contributed by atoms with E-state index in [1.54, 1.807) is 31.2 Å². The maximum Gasteiger partial charge on any atom is 0.331 e. The molecule has 1 N–H and O–H groups in total. The molecule has 0 atom stereocenters. The molecule has 0 unspecified atom stereocenters.